The van der Waals surface area contributed by atoms with Crippen LogP contribution in [0.15, 0.2) is 24.7 Å². The molecule has 4 nitrogen and oxygen atoms in total. The summed E-state index contributed by atoms with van der Waals surface area (Å²) < 4.78 is 1.64. The highest BCUT2D eigenvalue weighted by Gasteiger charge is 2.04. The van der Waals surface area contributed by atoms with Crippen molar-refractivity contribution in [2.24, 2.45) is 0 Å². The van der Waals surface area contributed by atoms with Crippen LogP contribution in [0.1, 0.15) is 16.7 Å². The Morgan fingerprint density at radius 3 is 2.88 bits per heavy atom. The molecule has 2 heterocycles. The molecule has 0 N–H and O–H groups in total. The molecule has 0 saturated carbocycles. The smallest absolute Gasteiger partial charge is 0.153 e. The number of nitrogens with zero attached hydrogens (tertiary/aromatic N) is 4. The van der Waals surface area contributed by atoms with E-state index in [1.54, 1.807) is 17.1 Å². The average molecular weight is 233 g/mol. The first-order valence-corrected chi connectivity index (χ1v) is 5.24. The largest absolute Gasteiger partial charge is 0.236 e. The Kier molecular flexibility index (Phi) is 2.88. The number of alkyl halides is 1. The lowest BCUT2D eigenvalue weighted by molar-refractivity contribution is 0.844. The van der Waals surface area contributed by atoms with E-state index in [0.29, 0.717) is 17.3 Å². The number of aryl methyl sites for hydroxylation is 1. The predicted octanol–water partition coefficient (Wildman–Crippen LogP) is 2.19. The van der Waals surface area contributed by atoms with Gasteiger partial charge in [-0.15, -0.1) is 11.6 Å². The summed E-state index contributed by atoms with van der Waals surface area (Å²) in [5, 5.41) is 12.9. The summed E-state index contributed by atoms with van der Waals surface area (Å²) in [7, 11) is 0. The van der Waals surface area contributed by atoms with Crippen molar-refractivity contribution in [3.05, 3.63) is 41.3 Å². The van der Waals surface area contributed by atoms with Crippen LogP contribution in [0.4, 0.5) is 0 Å². The second-order valence-corrected chi connectivity index (χ2v) is 3.66. The molecule has 0 amide bonds. The van der Waals surface area contributed by atoms with E-state index in [4.69, 9.17) is 16.9 Å². The van der Waals surface area contributed by atoms with Gasteiger partial charge >= 0.3 is 0 Å². The highest BCUT2D eigenvalue weighted by molar-refractivity contribution is 6.17. The molecule has 0 spiro atoms. The van der Waals surface area contributed by atoms with E-state index in [1.807, 2.05) is 19.2 Å². The Labute approximate surface area is 98.1 Å². The summed E-state index contributed by atoms with van der Waals surface area (Å²) in [6.45, 7) is 1.87. The van der Waals surface area contributed by atoms with Crippen LogP contribution in [0, 0.1) is 18.3 Å². The van der Waals surface area contributed by atoms with Crippen molar-refractivity contribution in [2.45, 2.75) is 12.8 Å². The third-order valence-corrected chi connectivity index (χ3v) is 2.55. The molecule has 2 aromatic heterocycles. The maximum absolute atomic E-state index is 8.79. The SMILES string of the molecule is Cc1cc(-n2cc(CCl)cn2)ncc1C#N. The number of hydrogen-bond donors (Lipinski definition) is 0. The lowest BCUT2D eigenvalue weighted by Crippen LogP contribution is -1.99. The van der Waals surface area contributed by atoms with Gasteiger partial charge in [-0.25, -0.2) is 9.67 Å². The summed E-state index contributed by atoms with van der Waals surface area (Å²) >= 11 is 5.69. The number of pyridine rings is 1. The van der Waals surface area contributed by atoms with Gasteiger partial charge in [-0.2, -0.15) is 10.4 Å². The molecular weight excluding hydrogens is 224 g/mol. The minimum absolute atomic E-state index is 0.426. The molecule has 0 aliphatic heterocycles. The highest BCUT2D eigenvalue weighted by Crippen LogP contribution is 2.11. The fourth-order valence-electron chi connectivity index (χ4n) is 1.34. The Bertz CT molecular complexity index is 553. The van der Waals surface area contributed by atoms with Crippen molar-refractivity contribution in [3.8, 4) is 11.9 Å². The van der Waals surface area contributed by atoms with E-state index in [1.165, 1.54) is 0 Å². The van der Waals surface area contributed by atoms with Gasteiger partial charge in [-0.3, -0.25) is 0 Å². The Morgan fingerprint density at radius 2 is 2.31 bits per heavy atom. The van der Waals surface area contributed by atoms with E-state index >= 15 is 0 Å². The molecule has 0 radical (unpaired) electrons. The first-order valence-electron chi connectivity index (χ1n) is 4.71. The van der Waals surface area contributed by atoms with Crippen LogP contribution >= 0.6 is 11.6 Å². The second-order valence-electron chi connectivity index (χ2n) is 3.40. The van der Waals surface area contributed by atoms with Crippen LogP contribution in [0.3, 0.4) is 0 Å². The monoisotopic (exact) mass is 232 g/mol. The van der Waals surface area contributed by atoms with Crippen molar-refractivity contribution in [2.75, 3.05) is 0 Å². The average Bonchev–Trinajstić information content (AvgIpc) is 2.77. The second kappa shape index (κ2) is 4.33. The predicted molar refractivity (Wildman–Crippen MR) is 60.4 cm³/mol. The molecule has 0 aromatic carbocycles. The Hall–Kier alpha value is -1.86. The van der Waals surface area contributed by atoms with Gasteiger partial charge in [0.25, 0.3) is 0 Å². The zero-order valence-electron chi connectivity index (χ0n) is 8.68. The third kappa shape index (κ3) is 1.90. The van der Waals surface area contributed by atoms with Crippen LogP contribution in [0.25, 0.3) is 5.82 Å². The summed E-state index contributed by atoms with van der Waals surface area (Å²) in [5.74, 6) is 1.11. The zero-order valence-corrected chi connectivity index (χ0v) is 9.44. The number of nitriles is 1. The number of halogens is 1. The van der Waals surface area contributed by atoms with E-state index in [0.717, 1.165) is 11.1 Å². The molecule has 0 aliphatic carbocycles. The fourth-order valence-corrected chi connectivity index (χ4v) is 1.48. The van der Waals surface area contributed by atoms with Gasteiger partial charge in [0.15, 0.2) is 5.82 Å². The molecular formula is C11H9ClN4. The lowest BCUT2D eigenvalue weighted by atomic mass is 10.2. The molecule has 0 atom stereocenters. The Balaban J connectivity index is 2.42. The van der Waals surface area contributed by atoms with Crippen LogP contribution < -0.4 is 0 Å². The maximum Gasteiger partial charge on any atom is 0.153 e. The van der Waals surface area contributed by atoms with Gasteiger partial charge in [-0.05, 0) is 18.6 Å². The topological polar surface area (TPSA) is 54.5 Å². The molecule has 0 unspecified atom stereocenters. The number of hydrogen-bond acceptors (Lipinski definition) is 3. The van der Waals surface area contributed by atoms with Crippen LogP contribution in [0.5, 0.6) is 0 Å². The van der Waals surface area contributed by atoms with Gasteiger partial charge in [0.2, 0.25) is 0 Å². The molecule has 0 bridgehead atoms. The molecule has 0 fully saturated rings. The van der Waals surface area contributed by atoms with Gasteiger partial charge in [0, 0.05) is 18.0 Å². The molecule has 16 heavy (non-hydrogen) atoms. The van der Waals surface area contributed by atoms with Gasteiger partial charge in [-0.1, -0.05) is 0 Å². The van der Waals surface area contributed by atoms with Crippen molar-refractivity contribution >= 4 is 11.6 Å². The van der Waals surface area contributed by atoms with Crippen molar-refractivity contribution in [1.29, 1.82) is 5.26 Å². The van der Waals surface area contributed by atoms with Gasteiger partial charge in [0.1, 0.15) is 6.07 Å². The third-order valence-electron chi connectivity index (χ3n) is 2.24. The zero-order chi connectivity index (χ0) is 11.5. The van der Waals surface area contributed by atoms with E-state index in [2.05, 4.69) is 16.2 Å². The maximum atomic E-state index is 8.79. The van der Waals surface area contributed by atoms with Crippen molar-refractivity contribution in [1.82, 2.24) is 14.8 Å². The molecule has 0 saturated heterocycles. The quantitative estimate of drug-likeness (QED) is 0.746. The summed E-state index contributed by atoms with van der Waals surface area (Å²) in [4.78, 5) is 4.16. The fraction of sp³-hybridized carbons (Fsp3) is 0.182. The first kappa shape index (κ1) is 10.7. The van der Waals surface area contributed by atoms with Gasteiger partial charge in [0.05, 0.1) is 17.6 Å². The number of rotatable bonds is 2. The number of aromatic nitrogens is 3. The lowest BCUT2D eigenvalue weighted by Gasteiger charge is -2.02. The highest BCUT2D eigenvalue weighted by atomic mass is 35.5. The minimum Gasteiger partial charge on any atom is -0.236 e. The van der Waals surface area contributed by atoms with Crippen molar-refractivity contribution < 1.29 is 0 Å². The summed E-state index contributed by atoms with van der Waals surface area (Å²) in [6, 6.07) is 3.90. The summed E-state index contributed by atoms with van der Waals surface area (Å²) in [5.41, 5.74) is 2.40. The molecule has 2 rings (SSSR count). The van der Waals surface area contributed by atoms with Gasteiger partial charge < -0.3 is 0 Å². The van der Waals surface area contributed by atoms with Crippen LogP contribution in [-0.4, -0.2) is 14.8 Å². The van der Waals surface area contributed by atoms with E-state index in [9.17, 15) is 0 Å². The van der Waals surface area contributed by atoms with Crippen LogP contribution in [0.2, 0.25) is 0 Å². The van der Waals surface area contributed by atoms with E-state index in [-0.39, 0.29) is 0 Å². The minimum atomic E-state index is 0.426. The Morgan fingerprint density at radius 1 is 1.50 bits per heavy atom. The summed E-state index contributed by atoms with van der Waals surface area (Å²) in [6.07, 6.45) is 5.07. The van der Waals surface area contributed by atoms with Crippen LogP contribution in [-0.2, 0) is 5.88 Å². The molecule has 0 aliphatic rings. The van der Waals surface area contributed by atoms with Crippen molar-refractivity contribution in [3.63, 3.8) is 0 Å². The molecule has 5 heteroatoms. The molecule has 80 valence electrons. The normalized spacial score (nSPS) is 10.1. The molecule has 2 aromatic rings. The standard InChI is InChI=1S/C11H9ClN4/c1-8-2-11(14-6-10(8)4-13)16-7-9(3-12)5-15-16/h2,5-7H,3H2,1H3. The first-order chi connectivity index (χ1) is 7.74. The van der Waals surface area contributed by atoms with E-state index < -0.39 is 0 Å².